The number of aliphatic hydroxyl groups is 2. The van der Waals surface area contributed by atoms with E-state index >= 15 is 0 Å². The summed E-state index contributed by atoms with van der Waals surface area (Å²) in [7, 11) is 0. The normalized spacial score (nSPS) is 12.9. The molecular formula is C68H127NO5. The maximum atomic E-state index is 12.4. The van der Waals surface area contributed by atoms with Crippen molar-refractivity contribution in [1.29, 1.82) is 0 Å². The predicted molar refractivity (Wildman–Crippen MR) is 324 cm³/mol. The summed E-state index contributed by atoms with van der Waals surface area (Å²) in [5.41, 5.74) is 0. The topological polar surface area (TPSA) is 95.9 Å². The molecule has 434 valence electrons. The molecule has 0 saturated carbocycles. The van der Waals surface area contributed by atoms with Crippen LogP contribution < -0.4 is 5.32 Å². The average Bonchev–Trinajstić information content (AvgIpc) is 3.40. The lowest BCUT2D eigenvalue weighted by molar-refractivity contribution is -0.143. The third-order valence-corrected chi connectivity index (χ3v) is 15.1. The summed E-state index contributed by atoms with van der Waals surface area (Å²) in [5, 5.41) is 23.1. The van der Waals surface area contributed by atoms with Gasteiger partial charge < -0.3 is 20.3 Å². The third kappa shape index (κ3) is 59.1. The van der Waals surface area contributed by atoms with Crippen LogP contribution >= 0.6 is 0 Å². The van der Waals surface area contributed by atoms with Gasteiger partial charge in [-0.1, -0.05) is 294 Å². The van der Waals surface area contributed by atoms with Crippen LogP contribution in [0.4, 0.5) is 0 Å². The van der Waals surface area contributed by atoms with Crippen molar-refractivity contribution in [2.45, 2.75) is 360 Å². The summed E-state index contributed by atoms with van der Waals surface area (Å²) >= 11 is 0. The van der Waals surface area contributed by atoms with E-state index < -0.39 is 12.1 Å². The fraction of sp³-hybridized carbons (Fsp3) is 0.853. The first kappa shape index (κ1) is 71.8. The first-order valence-corrected chi connectivity index (χ1v) is 32.9. The van der Waals surface area contributed by atoms with Gasteiger partial charge in [-0.2, -0.15) is 0 Å². The van der Waals surface area contributed by atoms with E-state index in [1.807, 2.05) is 6.08 Å². The highest BCUT2D eigenvalue weighted by atomic mass is 16.5. The predicted octanol–water partition coefficient (Wildman–Crippen LogP) is 20.9. The highest BCUT2D eigenvalue weighted by molar-refractivity contribution is 5.76. The zero-order valence-electron chi connectivity index (χ0n) is 49.6. The molecule has 0 rings (SSSR count). The van der Waals surface area contributed by atoms with Gasteiger partial charge in [-0.25, -0.2) is 0 Å². The van der Waals surface area contributed by atoms with E-state index in [2.05, 4.69) is 55.6 Å². The summed E-state index contributed by atoms with van der Waals surface area (Å²) in [4.78, 5) is 24.5. The van der Waals surface area contributed by atoms with Crippen LogP contribution in [0, 0.1) is 0 Å². The monoisotopic (exact) mass is 1040 g/mol. The van der Waals surface area contributed by atoms with E-state index in [0.717, 1.165) is 51.4 Å². The molecule has 0 aliphatic rings. The number of aliphatic hydroxyl groups excluding tert-OH is 2. The number of carbonyl (C=O) groups is 2. The van der Waals surface area contributed by atoms with Gasteiger partial charge in [-0.15, -0.1) is 0 Å². The standard InChI is InChI=1S/C68H127NO5/c1-3-5-7-9-11-13-15-17-18-35-38-42-46-50-54-58-62-68(73)74-63-59-55-51-47-43-39-36-33-31-29-27-25-23-21-19-20-22-24-26-28-30-32-34-37-41-45-49-53-57-61-67(72)69-65(64-70)66(71)60-56-52-48-44-40-16-14-12-10-8-6-4-2/h18-19,21,25,27,35,56,60,65-66,70-71H,3-17,20,22-24,26,28-34,36-55,57-59,61-64H2,1-2H3,(H,69,72)/b21-19-,27-25-,35-18-,60-56+. The molecule has 6 heteroatoms. The molecule has 1 amide bonds. The van der Waals surface area contributed by atoms with Gasteiger partial charge in [0.15, 0.2) is 0 Å². The van der Waals surface area contributed by atoms with Crippen molar-refractivity contribution in [2.24, 2.45) is 0 Å². The minimum atomic E-state index is -0.844. The van der Waals surface area contributed by atoms with E-state index in [0.29, 0.717) is 19.4 Å². The second-order valence-corrected chi connectivity index (χ2v) is 22.4. The molecule has 0 aromatic heterocycles. The Kier molecular flexibility index (Phi) is 61.5. The van der Waals surface area contributed by atoms with Crippen molar-refractivity contribution in [3.05, 3.63) is 48.6 Å². The van der Waals surface area contributed by atoms with Gasteiger partial charge in [0, 0.05) is 12.8 Å². The molecule has 0 aromatic carbocycles. The second kappa shape index (κ2) is 63.4. The minimum absolute atomic E-state index is 0.00411. The lowest BCUT2D eigenvalue weighted by Crippen LogP contribution is -2.45. The Balaban J connectivity index is 3.41. The van der Waals surface area contributed by atoms with Crippen LogP contribution in [0.5, 0.6) is 0 Å². The molecule has 0 aliphatic carbocycles. The van der Waals surface area contributed by atoms with Gasteiger partial charge in [0.25, 0.3) is 0 Å². The number of carbonyl (C=O) groups excluding carboxylic acids is 2. The van der Waals surface area contributed by atoms with E-state index in [4.69, 9.17) is 4.74 Å². The van der Waals surface area contributed by atoms with Crippen LogP contribution in [0.2, 0.25) is 0 Å². The molecule has 0 bridgehead atoms. The largest absolute Gasteiger partial charge is 0.466 e. The van der Waals surface area contributed by atoms with E-state index in [-0.39, 0.29) is 18.5 Å². The van der Waals surface area contributed by atoms with Crippen molar-refractivity contribution < 1.29 is 24.5 Å². The highest BCUT2D eigenvalue weighted by Gasteiger charge is 2.18. The number of esters is 1. The molecule has 2 unspecified atom stereocenters. The molecule has 0 heterocycles. The van der Waals surface area contributed by atoms with Gasteiger partial charge >= 0.3 is 5.97 Å². The summed E-state index contributed by atoms with van der Waals surface area (Å²) in [6.45, 7) is 4.90. The van der Waals surface area contributed by atoms with Crippen LogP contribution in [-0.4, -0.2) is 47.4 Å². The number of allylic oxidation sites excluding steroid dienone is 7. The Hall–Kier alpha value is -2.18. The smallest absolute Gasteiger partial charge is 0.305 e. The zero-order chi connectivity index (χ0) is 53.6. The number of amides is 1. The minimum Gasteiger partial charge on any atom is -0.466 e. The lowest BCUT2D eigenvalue weighted by Gasteiger charge is -2.20. The van der Waals surface area contributed by atoms with Gasteiger partial charge in [0.1, 0.15) is 0 Å². The van der Waals surface area contributed by atoms with Crippen LogP contribution in [0.3, 0.4) is 0 Å². The summed E-state index contributed by atoms with van der Waals surface area (Å²) in [6, 6.07) is -0.628. The molecule has 0 aliphatic heterocycles. The third-order valence-electron chi connectivity index (χ3n) is 15.1. The van der Waals surface area contributed by atoms with Crippen LogP contribution in [-0.2, 0) is 14.3 Å². The number of hydrogen-bond donors (Lipinski definition) is 3. The maximum Gasteiger partial charge on any atom is 0.305 e. The molecular weight excluding hydrogens is 911 g/mol. The average molecular weight is 1040 g/mol. The van der Waals surface area contributed by atoms with Crippen molar-refractivity contribution in [2.75, 3.05) is 13.2 Å². The van der Waals surface area contributed by atoms with Crippen molar-refractivity contribution in [1.82, 2.24) is 5.32 Å². The Bertz CT molecular complexity index is 1240. The number of nitrogens with one attached hydrogen (secondary N) is 1. The van der Waals surface area contributed by atoms with E-state index in [1.54, 1.807) is 6.08 Å². The number of unbranched alkanes of at least 4 members (excludes halogenated alkanes) is 44. The maximum absolute atomic E-state index is 12.4. The second-order valence-electron chi connectivity index (χ2n) is 22.4. The summed E-state index contributed by atoms with van der Waals surface area (Å²) in [6.07, 6.45) is 81.7. The Morgan fingerprint density at radius 2 is 0.676 bits per heavy atom. The van der Waals surface area contributed by atoms with E-state index in [9.17, 15) is 19.8 Å². The van der Waals surface area contributed by atoms with Gasteiger partial charge in [-0.3, -0.25) is 9.59 Å². The molecule has 6 nitrogen and oxygen atoms in total. The molecule has 0 saturated heterocycles. The SMILES string of the molecule is CCCCCCCCC/C=C\CCCCCCCC(=O)OCCCCCCCCCCC/C=C\C/C=C\CCCCCCCCCCCCCCCC(=O)NC(CO)C(O)/C=C/CCCCCCCCCCCC. The molecule has 0 aromatic rings. The molecule has 3 N–H and O–H groups in total. The van der Waals surface area contributed by atoms with Gasteiger partial charge in [0.05, 0.1) is 25.4 Å². The van der Waals surface area contributed by atoms with E-state index in [1.165, 1.54) is 270 Å². The first-order valence-electron chi connectivity index (χ1n) is 32.9. The summed E-state index contributed by atoms with van der Waals surface area (Å²) < 4.78 is 5.49. The number of rotatable bonds is 61. The molecule has 2 atom stereocenters. The lowest BCUT2D eigenvalue weighted by atomic mass is 10.0. The van der Waals surface area contributed by atoms with Gasteiger partial charge in [0.2, 0.25) is 5.91 Å². The quantitative estimate of drug-likeness (QED) is 0.0320. The molecule has 0 spiro atoms. The Morgan fingerprint density at radius 1 is 0.378 bits per heavy atom. The number of hydrogen-bond acceptors (Lipinski definition) is 5. The Morgan fingerprint density at radius 3 is 1.04 bits per heavy atom. The van der Waals surface area contributed by atoms with Crippen LogP contribution in [0.15, 0.2) is 48.6 Å². The van der Waals surface area contributed by atoms with Gasteiger partial charge in [-0.05, 0) is 89.9 Å². The van der Waals surface area contributed by atoms with Crippen molar-refractivity contribution in [3.63, 3.8) is 0 Å². The molecule has 0 radical (unpaired) electrons. The molecule has 0 fully saturated rings. The number of ether oxygens (including phenoxy) is 1. The van der Waals surface area contributed by atoms with Crippen LogP contribution in [0.1, 0.15) is 348 Å². The fourth-order valence-corrected chi connectivity index (χ4v) is 10.0. The fourth-order valence-electron chi connectivity index (χ4n) is 10.0. The summed E-state index contributed by atoms with van der Waals surface area (Å²) in [5.74, 6) is -0.0652. The highest BCUT2D eigenvalue weighted by Crippen LogP contribution is 2.17. The Labute approximate surface area is 461 Å². The first-order chi connectivity index (χ1) is 36.5. The molecule has 74 heavy (non-hydrogen) atoms. The van der Waals surface area contributed by atoms with Crippen molar-refractivity contribution in [3.8, 4) is 0 Å². The zero-order valence-corrected chi connectivity index (χ0v) is 49.6. The van der Waals surface area contributed by atoms with Crippen LogP contribution in [0.25, 0.3) is 0 Å². The van der Waals surface area contributed by atoms with Crippen molar-refractivity contribution >= 4 is 11.9 Å².